The fourth-order valence-electron chi connectivity index (χ4n) is 3.35. The number of fused-ring (bicyclic) bond motifs is 1. The van der Waals surface area contributed by atoms with Crippen LogP contribution < -0.4 is 10.1 Å². The predicted molar refractivity (Wildman–Crippen MR) is 97.1 cm³/mol. The highest BCUT2D eigenvalue weighted by atomic mass is 19.3. The molecule has 1 N–H and O–H groups in total. The number of amides is 2. The first-order valence-corrected chi connectivity index (χ1v) is 9.31. The second kappa shape index (κ2) is 8.24. The standard InChI is InChI=1S/C20H23F3N2O3/c1-2-13(10-21)12-28-16-3-4-17-14(7-16)5-6-25(19(17)27)11-18(26)24-15-8-20(22,23)9-15/h3-4,7,10,15H,2,5-6,8-9,11-12H2,1H3,(H,24,26). The van der Waals surface area contributed by atoms with Gasteiger partial charge in [-0.25, -0.2) is 13.2 Å². The van der Waals surface area contributed by atoms with Crippen molar-refractivity contribution < 1.29 is 27.5 Å². The summed E-state index contributed by atoms with van der Waals surface area (Å²) in [5.41, 5.74) is 1.83. The van der Waals surface area contributed by atoms with E-state index in [1.54, 1.807) is 18.2 Å². The lowest BCUT2D eigenvalue weighted by Gasteiger charge is -2.36. The average Bonchev–Trinajstić information content (AvgIpc) is 2.63. The minimum Gasteiger partial charge on any atom is -0.489 e. The van der Waals surface area contributed by atoms with Crippen molar-refractivity contribution in [3.63, 3.8) is 0 Å². The van der Waals surface area contributed by atoms with Gasteiger partial charge in [0.15, 0.2) is 0 Å². The molecule has 1 saturated carbocycles. The number of benzene rings is 1. The lowest BCUT2D eigenvalue weighted by molar-refractivity contribution is -0.129. The number of hydrogen-bond donors (Lipinski definition) is 1. The molecule has 2 amide bonds. The molecule has 1 aliphatic heterocycles. The Kier molecular flexibility index (Phi) is 5.96. The molecule has 1 fully saturated rings. The number of halogens is 3. The Morgan fingerprint density at radius 3 is 2.79 bits per heavy atom. The van der Waals surface area contributed by atoms with Crippen LogP contribution in [-0.4, -0.2) is 48.4 Å². The summed E-state index contributed by atoms with van der Waals surface area (Å²) in [6, 6.07) is 4.50. The monoisotopic (exact) mass is 396 g/mol. The molecule has 0 bridgehead atoms. The Hall–Kier alpha value is -2.51. The third-order valence-electron chi connectivity index (χ3n) is 5.07. The van der Waals surface area contributed by atoms with Crippen LogP contribution in [0.15, 0.2) is 30.1 Å². The molecule has 2 aliphatic rings. The quantitative estimate of drug-likeness (QED) is 0.770. The molecule has 0 radical (unpaired) electrons. The number of alkyl halides is 2. The Morgan fingerprint density at radius 1 is 1.39 bits per heavy atom. The topological polar surface area (TPSA) is 58.6 Å². The van der Waals surface area contributed by atoms with E-state index in [-0.39, 0.29) is 31.9 Å². The normalized spacial score (nSPS) is 19.1. The van der Waals surface area contributed by atoms with Crippen LogP contribution in [-0.2, 0) is 11.2 Å². The number of carbonyl (C=O) groups is 2. The van der Waals surface area contributed by atoms with Crippen LogP contribution in [0.5, 0.6) is 5.75 Å². The van der Waals surface area contributed by atoms with Gasteiger partial charge in [0, 0.05) is 31.0 Å². The van der Waals surface area contributed by atoms with E-state index in [0.29, 0.717) is 42.6 Å². The van der Waals surface area contributed by atoms with E-state index < -0.39 is 17.9 Å². The minimum absolute atomic E-state index is 0.145. The SMILES string of the molecule is CCC(=CF)COc1ccc2c(c1)CCN(CC(=O)NC1CC(F)(F)C1)C2=O. The van der Waals surface area contributed by atoms with Crippen LogP contribution in [0.1, 0.15) is 42.1 Å². The predicted octanol–water partition coefficient (Wildman–Crippen LogP) is 3.24. The van der Waals surface area contributed by atoms with Crippen molar-refractivity contribution in [3.05, 3.63) is 41.2 Å². The summed E-state index contributed by atoms with van der Waals surface area (Å²) in [4.78, 5) is 26.1. The number of nitrogens with zero attached hydrogens (tertiary/aromatic N) is 1. The Labute approximate surface area is 161 Å². The molecule has 0 aromatic heterocycles. The van der Waals surface area contributed by atoms with E-state index in [2.05, 4.69) is 5.32 Å². The molecule has 0 atom stereocenters. The van der Waals surface area contributed by atoms with E-state index >= 15 is 0 Å². The molecule has 152 valence electrons. The molecule has 1 aromatic carbocycles. The summed E-state index contributed by atoms with van der Waals surface area (Å²) in [6.07, 6.45) is 0.933. The summed E-state index contributed by atoms with van der Waals surface area (Å²) in [5.74, 6) is -2.85. The molecule has 0 spiro atoms. The molecule has 0 unspecified atom stereocenters. The molecule has 1 aromatic rings. The van der Waals surface area contributed by atoms with Gasteiger partial charge < -0.3 is 15.0 Å². The maximum absolute atomic E-state index is 12.8. The average molecular weight is 396 g/mol. The second-order valence-electron chi connectivity index (χ2n) is 7.23. The van der Waals surface area contributed by atoms with Crippen LogP contribution in [0.2, 0.25) is 0 Å². The highest BCUT2D eigenvalue weighted by Gasteiger charge is 2.46. The zero-order valence-corrected chi connectivity index (χ0v) is 15.6. The minimum atomic E-state index is -2.70. The number of rotatable bonds is 7. The Bertz CT molecular complexity index is 787. The van der Waals surface area contributed by atoms with Gasteiger partial charge in [0.05, 0.1) is 12.9 Å². The zero-order chi connectivity index (χ0) is 20.3. The van der Waals surface area contributed by atoms with Gasteiger partial charge >= 0.3 is 0 Å². The summed E-state index contributed by atoms with van der Waals surface area (Å²) in [7, 11) is 0. The molecular formula is C20H23F3N2O3. The molecular weight excluding hydrogens is 373 g/mol. The van der Waals surface area contributed by atoms with Crippen LogP contribution in [0.4, 0.5) is 13.2 Å². The summed E-state index contributed by atoms with van der Waals surface area (Å²) in [5, 5.41) is 2.54. The van der Waals surface area contributed by atoms with Gasteiger partial charge in [-0.3, -0.25) is 9.59 Å². The third-order valence-corrected chi connectivity index (χ3v) is 5.07. The first-order chi connectivity index (χ1) is 13.3. The molecule has 1 heterocycles. The first kappa shape index (κ1) is 20.2. The van der Waals surface area contributed by atoms with Gasteiger partial charge in [0.25, 0.3) is 11.8 Å². The third kappa shape index (κ3) is 4.66. The van der Waals surface area contributed by atoms with Crippen molar-refractivity contribution in [1.82, 2.24) is 10.2 Å². The lowest BCUT2D eigenvalue weighted by atomic mass is 9.88. The van der Waals surface area contributed by atoms with Crippen LogP contribution in [0.25, 0.3) is 0 Å². The van der Waals surface area contributed by atoms with Crippen molar-refractivity contribution in [3.8, 4) is 5.75 Å². The van der Waals surface area contributed by atoms with E-state index in [1.165, 1.54) is 4.90 Å². The lowest BCUT2D eigenvalue weighted by Crippen LogP contribution is -2.53. The van der Waals surface area contributed by atoms with Gasteiger partial charge in [-0.05, 0) is 42.2 Å². The van der Waals surface area contributed by atoms with E-state index in [9.17, 15) is 22.8 Å². The van der Waals surface area contributed by atoms with Crippen LogP contribution in [0, 0.1) is 0 Å². The molecule has 0 saturated heterocycles. The van der Waals surface area contributed by atoms with Crippen LogP contribution >= 0.6 is 0 Å². The van der Waals surface area contributed by atoms with Crippen molar-refractivity contribution in [2.75, 3.05) is 19.7 Å². The van der Waals surface area contributed by atoms with Crippen molar-refractivity contribution in [1.29, 1.82) is 0 Å². The Balaban J connectivity index is 1.56. The van der Waals surface area contributed by atoms with Gasteiger partial charge in [0.2, 0.25) is 5.91 Å². The van der Waals surface area contributed by atoms with Crippen LogP contribution in [0.3, 0.4) is 0 Å². The van der Waals surface area contributed by atoms with E-state index in [4.69, 9.17) is 4.74 Å². The van der Waals surface area contributed by atoms with Gasteiger partial charge in [-0.2, -0.15) is 0 Å². The fourth-order valence-corrected chi connectivity index (χ4v) is 3.35. The van der Waals surface area contributed by atoms with E-state index in [1.807, 2.05) is 6.92 Å². The van der Waals surface area contributed by atoms with Gasteiger partial charge in [-0.1, -0.05) is 6.92 Å². The van der Waals surface area contributed by atoms with Crippen molar-refractivity contribution in [2.45, 2.75) is 44.6 Å². The van der Waals surface area contributed by atoms with Gasteiger partial charge in [-0.15, -0.1) is 0 Å². The number of nitrogens with one attached hydrogen (secondary N) is 1. The van der Waals surface area contributed by atoms with E-state index in [0.717, 1.165) is 5.56 Å². The smallest absolute Gasteiger partial charge is 0.254 e. The fraction of sp³-hybridized carbons (Fsp3) is 0.500. The molecule has 8 heteroatoms. The first-order valence-electron chi connectivity index (χ1n) is 9.31. The van der Waals surface area contributed by atoms with Gasteiger partial charge in [0.1, 0.15) is 12.4 Å². The molecule has 28 heavy (non-hydrogen) atoms. The largest absolute Gasteiger partial charge is 0.489 e. The molecule has 5 nitrogen and oxygen atoms in total. The number of ether oxygens (including phenoxy) is 1. The second-order valence-corrected chi connectivity index (χ2v) is 7.23. The highest BCUT2D eigenvalue weighted by molar-refractivity contribution is 5.98. The Morgan fingerprint density at radius 2 is 2.14 bits per heavy atom. The molecule has 1 aliphatic carbocycles. The summed E-state index contributed by atoms with van der Waals surface area (Å²) < 4.78 is 43.9. The number of carbonyl (C=O) groups excluding carboxylic acids is 2. The number of hydrogen-bond acceptors (Lipinski definition) is 3. The zero-order valence-electron chi connectivity index (χ0n) is 15.6. The maximum Gasteiger partial charge on any atom is 0.254 e. The maximum atomic E-state index is 12.8. The molecule has 3 rings (SSSR count). The van der Waals surface area contributed by atoms with Crippen molar-refractivity contribution >= 4 is 11.8 Å². The highest BCUT2D eigenvalue weighted by Crippen LogP contribution is 2.37. The summed E-state index contributed by atoms with van der Waals surface area (Å²) >= 11 is 0. The summed E-state index contributed by atoms with van der Waals surface area (Å²) in [6.45, 7) is 2.18. The van der Waals surface area contributed by atoms with Crippen molar-refractivity contribution in [2.24, 2.45) is 0 Å².